The van der Waals surface area contributed by atoms with Crippen LogP contribution < -0.4 is 10.6 Å². The Morgan fingerprint density at radius 1 is 0.957 bits per heavy atom. The molecule has 0 spiro atoms. The first-order valence-electron chi connectivity index (χ1n) is 7.18. The van der Waals surface area contributed by atoms with Crippen LogP contribution in [0.2, 0.25) is 5.02 Å². The molecule has 0 saturated heterocycles. The van der Waals surface area contributed by atoms with Crippen LogP contribution in [0.3, 0.4) is 0 Å². The lowest BCUT2D eigenvalue weighted by molar-refractivity contribution is 0.0951. The Hall–Kier alpha value is -2.53. The highest BCUT2D eigenvalue weighted by atomic mass is 35.5. The Bertz CT molecular complexity index is 704. The van der Waals surface area contributed by atoms with E-state index in [1.807, 2.05) is 0 Å². The van der Waals surface area contributed by atoms with Crippen LogP contribution >= 0.6 is 11.6 Å². The van der Waals surface area contributed by atoms with Crippen molar-refractivity contribution in [1.82, 2.24) is 10.6 Å². The molecule has 0 aliphatic heterocycles. The zero-order chi connectivity index (χ0) is 16.7. The number of nitrogens with one attached hydrogen (secondary N) is 2. The molecule has 0 fully saturated rings. The molecule has 0 aromatic heterocycles. The highest BCUT2D eigenvalue weighted by molar-refractivity contribution is 6.33. The second-order valence-electron chi connectivity index (χ2n) is 4.90. The van der Waals surface area contributed by atoms with Crippen molar-refractivity contribution in [2.75, 3.05) is 13.1 Å². The molecule has 0 aliphatic rings. The van der Waals surface area contributed by atoms with Crippen LogP contribution in [0, 0.1) is 0 Å². The number of benzene rings is 2. The molecule has 0 saturated carbocycles. The number of hydrogen-bond acceptors (Lipinski definition) is 3. The van der Waals surface area contributed by atoms with Crippen LogP contribution in [0.4, 0.5) is 0 Å². The third-order valence-corrected chi connectivity index (χ3v) is 3.48. The van der Waals surface area contributed by atoms with Gasteiger partial charge in [0, 0.05) is 18.7 Å². The van der Waals surface area contributed by atoms with Gasteiger partial charge in [-0.15, -0.1) is 0 Å². The number of carbonyl (C=O) groups is 2. The number of halogens is 1. The van der Waals surface area contributed by atoms with Crippen LogP contribution in [-0.2, 0) is 0 Å². The van der Waals surface area contributed by atoms with Crippen molar-refractivity contribution < 1.29 is 14.7 Å². The molecule has 2 rings (SSSR count). The monoisotopic (exact) mass is 332 g/mol. The van der Waals surface area contributed by atoms with Crippen molar-refractivity contribution in [3.63, 3.8) is 0 Å². The Morgan fingerprint density at radius 2 is 1.65 bits per heavy atom. The third-order valence-electron chi connectivity index (χ3n) is 3.15. The van der Waals surface area contributed by atoms with E-state index in [0.717, 1.165) is 0 Å². The van der Waals surface area contributed by atoms with Crippen molar-refractivity contribution in [2.45, 2.75) is 6.42 Å². The second kappa shape index (κ2) is 8.19. The number of rotatable bonds is 6. The van der Waals surface area contributed by atoms with E-state index in [2.05, 4.69) is 10.6 Å². The fourth-order valence-electron chi connectivity index (χ4n) is 1.98. The molecule has 0 bridgehead atoms. The summed E-state index contributed by atoms with van der Waals surface area (Å²) in [5.74, 6) is -0.460. The van der Waals surface area contributed by atoms with E-state index in [1.54, 1.807) is 36.4 Å². The summed E-state index contributed by atoms with van der Waals surface area (Å²) in [5.41, 5.74) is 0.822. The zero-order valence-corrected chi connectivity index (χ0v) is 13.1. The molecule has 120 valence electrons. The molecule has 23 heavy (non-hydrogen) atoms. The number of phenolic OH excluding ortho intramolecular Hbond substituents is 1. The number of phenols is 1. The van der Waals surface area contributed by atoms with Crippen LogP contribution in [0.25, 0.3) is 0 Å². The highest BCUT2D eigenvalue weighted by Gasteiger charge is 2.09. The van der Waals surface area contributed by atoms with Gasteiger partial charge in [0.15, 0.2) is 0 Å². The van der Waals surface area contributed by atoms with E-state index in [1.165, 1.54) is 12.1 Å². The largest absolute Gasteiger partial charge is 0.508 e. The molecule has 2 amide bonds. The third kappa shape index (κ3) is 5.00. The average molecular weight is 333 g/mol. The zero-order valence-electron chi connectivity index (χ0n) is 12.4. The van der Waals surface area contributed by atoms with Gasteiger partial charge in [-0.25, -0.2) is 0 Å². The van der Waals surface area contributed by atoms with E-state index < -0.39 is 0 Å². The Balaban J connectivity index is 1.71. The Kier molecular flexibility index (Phi) is 6.00. The van der Waals surface area contributed by atoms with Gasteiger partial charge in [0.05, 0.1) is 10.6 Å². The normalized spacial score (nSPS) is 10.1. The number of aromatic hydroxyl groups is 1. The molecule has 0 radical (unpaired) electrons. The van der Waals surface area contributed by atoms with Gasteiger partial charge < -0.3 is 15.7 Å². The minimum atomic E-state index is -0.265. The van der Waals surface area contributed by atoms with Gasteiger partial charge >= 0.3 is 0 Å². The summed E-state index contributed by atoms with van der Waals surface area (Å²) in [4.78, 5) is 23.7. The first kappa shape index (κ1) is 16.8. The molecule has 2 aromatic rings. The number of amides is 2. The lowest BCUT2D eigenvalue weighted by Crippen LogP contribution is -2.30. The average Bonchev–Trinajstić information content (AvgIpc) is 2.54. The maximum atomic E-state index is 11.9. The summed E-state index contributed by atoms with van der Waals surface area (Å²) in [6.07, 6.45) is 0.584. The van der Waals surface area contributed by atoms with Crippen LogP contribution in [0.15, 0.2) is 48.5 Å². The summed E-state index contributed by atoms with van der Waals surface area (Å²) in [6.45, 7) is 0.835. The molecular formula is C17H17ClN2O3. The second-order valence-corrected chi connectivity index (χ2v) is 5.30. The van der Waals surface area contributed by atoms with Crippen molar-refractivity contribution in [3.8, 4) is 5.75 Å². The predicted molar refractivity (Wildman–Crippen MR) is 88.8 cm³/mol. The first-order chi connectivity index (χ1) is 11.1. The number of hydrogen-bond donors (Lipinski definition) is 3. The van der Waals surface area contributed by atoms with Gasteiger partial charge in [0.1, 0.15) is 5.75 Å². The molecule has 0 heterocycles. The molecule has 6 heteroatoms. The van der Waals surface area contributed by atoms with E-state index in [4.69, 9.17) is 11.6 Å². The minimum absolute atomic E-state index is 0.0460. The maximum Gasteiger partial charge on any atom is 0.252 e. The SMILES string of the molecule is O=C(NCCCNC(=O)c1ccccc1Cl)c1cccc(O)c1. The van der Waals surface area contributed by atoms with Gasteiger partial charge in [0.25, 0.3) is 11.8 Å². The fraction of sp³-hybridized carbons (Fsp3) is 0.176. The maximum absolute atomic E-state index is 11.9. The summed E-state index contributed by atoms with van der Waals surface area (Å²) in [5, 5.41) is 15.2. The minimum Gasteiger partial charge on any atom is -0.508 e. The van der Waals surface area contributed by atoms with Crippen molar-refractivity contribution >= 4 is 23.4 Å². The first-order valence-corrected chi connectivity index (χ1v) is 7.55. The molecule has 0 atom stereocenters. The van der Waals surface area contributed by atoms with Crippen LogP contribution in [0.1, 0.15) is 27.1 Å². The van der Waals surface area contributed by atoms with E-state index in [9.17, 15) is 14.7 Å². The van der Waals surface area contributed by atoms with E-state index in [-0.39, 0.29) is 17.6 Å². The molecule has 0 aliphatic carbocycles. The van der Waals surface area contributed by atoms with Crippen LogP contribution in [0.5, 0.6) is 5.75 Å². The lowest BCUT2D eigenvalue weighted by atomic mass is 10.2. The smallest absolute Gasteiger partial charge is 0.252 e. The Labute approximate surface area is 139 Å². The van der Waals surface area contributed by atoms with Gasteiger partial charge in [-0.3, -0.25) is 9.59 Å². The molecule has 0 unspecified atom stereocenters. The standard InChI is InChI=1S/C17H17ClN2O3/c18-15-8-2-1-7-14(15)17(23)20-10-4-9-19-16(22)12-5-3-6-13(21)11-12/h1-3,5-8,11,21H,4,9-10H2,(H,19,22)(H,20,23). The van der Waals surface area contributed by atoms with Crippen molar-refractivity contribution in [1.29, 1.82) is 0 Å². The molecule has 2 aromatic carbocycles. The van der Waals surface area contributed by atoms with E-state index in [0.29, 0.717) is 35.7 Å². The summed E-state index contributed by atoms with van der Waals surface area (Å²) in [7, 11) is 0. The van der Waals surface area contributed by atoms with Gasteiger partial charge in [-0.05, 0) is 36.8 Å². The Morgan fingerprint density at radius 3 is 2.35 bits per heavy atom. The predicted octanol–water partition coefficient (Wildman–Crippen LogP) is 2.60. The quantitative estimate of drug-likeness (QED) is 0.711. The van der Waals surface area contributed by atoms with E-state index >= 15 is 0 Å². The van der Waals surface area contributed by atoms with Crippen molar-refractivity contribution in [2.24, 2.45) is 0 Å². The van der Waals surface area contributed by atoms with Gasteiger partial charge in [-0.1, -0.05) is 29.8 Å². The van der Waals surface area contributed by atoms with Gasteiger partial charge in [0.2, 0.25) is 0 Å². The fourth-order valence-corrected chi connectivity index (χ4v) is 2.20. The molecule has 3 N–H and O–H groups in total. The lowest BCUT2D eigenvalue weighted by Gasteiger charge is -2.08. The molecular weight excluding hydrogens is 316 g/mol. The van der Waals surface area contributed by atoms with Crippen LogP contribution in [-0.4, -0.2) is 30.0 Å². The van der Waals surface area contributed by atoms with Gasteiger partial charge in [-0.2, -0.15) is 0 Å². The summed E-state index contributed by atoms with van der Waals surface area (Å²) in [6, 6.07) is 12.9. The number of carbonyl (C=O) groups excluding carboxylic acids is 2. The highest BCUT2D eigenvalue weighted by Crippen LogP contribution is 2.14. The summed E-state index contributed by atoms with van der Waals surface area (Å²) >= 11 is 5.94. The topological polar surface area (TPSA) is 78.4 Å². The van der Waals surface area contributed by atoms with Crippen molar-refractivity contribution in [3.05, 3.63) is 64.7 Å². The summed E-state index contributed by atoms with van der Waals surface area (Å²) < 4.78 is 0. The molecule has 5 nitrogen and oxygen atoms in total.